The molecule has 3 N–H and O–H groups in total. The third-order valence-corrected chi connectivity index (χ3v) is 4.72. The molecule has 0 bridgehead atoms. The lowest BCUT2D eigenvalue weighted by molar-refractivity contribution is 0.102. The number of halogens is 3. The molecule has 4 aromatic rings. The van der Waals surface area contributed by atoms with Crippen molar-refractivity contribution in [2.45, 2.75) is 0 Å². The first-order valence-corrected chi connectivity index (χ1v) is 9.22. The van der Waals surface area contributed by atoms with Crippen molar-refractivity contribution in [1.82, 2.24) is 25.0 Å². The lowest BCUT2D eigenvalue weighted by atomic mass is 10.0. The standard InChI is InChI=1S/C19H12Cl2FN7O/c20-14-6-13(16(22)7-12(14)11-1-2-24-9-17(11)23)19(30)28-10-5-15(21)18(25-8-10)29-26-3-4-27-29/h1-9H,23H2,(H,28,30). The number of anilines is 2. The van der Waals surface area contributed by atoms with Gasteiger partial charge in [0.05, 0.1) is 46.7 Å². The van der Waals surface area contributed by atoms with Gasteiger partial charge < -0.3 is 11.1 Å². The molecule has 0 radical (unpaired) electrons. The molecule has 0 unspecified atom stereocenters. The number of nitrogens with zero attached hydrogens (tertiary/aromatic N) is 5. The second-order valence-electron chi connectivity index (χ2n) is 6.08. The smallest absolute Gasteiger partial charge is 0.258 e. The Morgan fingerprint density at radius 2 is 1.80 bits per heavy atom. The summed E-state index contributed by atoms with van der Waals surface area (Å²) in [7, 11) is 0. The van der Waals surface area contributed by atoms with Crippen LogP contribution in [0.15, 0.2) is 55.2 Å². The number of nitrogens with one attached hydrogen (secondary N) is 1. The number of rotatable bonds is 4. The van der Waals surface area contributed by atoms with Crippen LogP contribution in [0.3, 0.4) is 0 Å². The molecule has 0 spiro atoms. The highest BCUT2D eigenvalue weighted by molar-refractivity contribution is 6.34. The molecule has 0 aliphatic heterocycles. The quantitative estimate of drug-likeness (QED) is 0.492. The molecule has 0 saturated carbocycles. The Labute approximate surface area is 179 Å². The first-order valence-electron chi connectivity index (χ1n) is 8.46. The average Bonchev–Trinajstić information content (AvgIpc) is 3.24. The van der Waals surface area contributed by atoms with E-state index in [0.29, 0.717) is 16.8 Å². The Morgan fingerprint density at radius 3 is 2.50 bits per heavy atom. The van der Waals surface area contributed by atoms with Crippen molar-refractivity contribution in [2.75, 3.05) is 11.1 Å². The molecule has 4 rings (SSSR count). The van der Waals surface area contributed by atoms with E-state index in [-0.39, 0.29) is 27.1 Å². The molecule has 11 heteroatoms. The van der Waals surface area contributed by atoms with Crippen LogP contribution < -0.4 is 11.1 Å². The van der Waals surface area contributed by atoms with Crippen LogP contribution >= 0.6 is 23.2 Å². The van der Waals surface area contributed by atoms with Gasteiger partial charge in [0.15, 0.2) is 5.82 Å². The summed E-state index contributed by atoms with van der Waals surface area (Å²) in [6.07, 6.45) is 7.25. The molecule has 1 aromatic carbocycles. The predicted molar refractivity (Wildman–Crippen MR) is 111 cm³/mol. The second kappa shape index (κ2) is 8.05. The van der Waals surface area contributed by atoms with Crippen LogP contribution in [0, 0.1) is 5.82 Å². The van der Waals surface area contributed by atoms with Crippen LogP contribution in [-0.2, 0) is 0 Å². The molecular formula is C19H12Cl2FN7O. The fourth-order valence-electron chi connectivity index (χ4n) is 2.75. The number of hydrogen-bond donors (Lipinski definition) is 2. The summed E-state index contributed by atoms with van der Waals surface area (Å²) in [5.41, 5.74) is 7.10. The van der Waals surface area contributed by atoms with Gasteiger partial charge in [-0.05, 0) is 24.3 Å². The highest BCUT2D eigenvalue weighted by Gasteiger charge is 2.18. The highest BCUT2D eigenvalue weighted by Crippen LogP contribution is 2.33. The zero-order valence-electron chi connectivity index (χ0n) is 15.1. The van der Waals surface area contributed by atoms with E-state index in [1.54, 1.807) is 6.07 Å². The summed E-state index contributed by atoms with van der Waals surface area (Å²) < 4.78 is 14.7. The van der Waals surface area contributed by atoms with Crippen molar-refractivity contribution in [1.29, 1.82) is 0 Å². The van der Waals surface area contributed by atoms with E-state index in [1.807, 2.05) is 0 Å². The monoisotopic (exact) mass is 443 g/mol. The van der Waals surface area contributed by atoms with Crippen molar-refractivity contribution in [3.05, 3.63) is 76.7 Å². The van der Waals surface area contributed by atoms with Crippen LogP contribution in [0.2, 0.25) is 10.0 Å². The first kappa shape index (κ1) is 19.7. The SMILES string of the molecule is Nc1cnccc1-c1cc(F)c(C(=O)Nc2cnc(-n3nccn3)c(Cl)c2)cc1Cl. The summed E-state index contributed by atoms with van der Waals surface area (Å²) in [4.78, 5) is 21.8. The van der Waals surface area contributed by atoms with Crippen LogP contribution in [0.4, 0.5) is 15.8 Å². The van der Waals surface area contributed by atoms with Crippen molar-refractivity contribution < 1.29 is 9.18 Å². The Bertz CT molecular complexity index is 1250. The third kappa shape index (κ3) is 3.80. The van der Waals surface area contributed by atoms with Gasteiger partial charge in [-0.3, -0.25) is 9.78 Å². The lowest BCUT2D eigenvalue weighted by Crippen LogP contribution is -2.15. The van der Waals surface area contributed by atoms with Crippen molar-refractivity contribution in [3.8, 4) is 16.9 Å². The van der Waals surface area contributed by atoms with Gasteiger partial charge in [-0.1, -0.05) is 23.2 Å². The summed E-state index contributed by atoms with van der Waals surface area (Å²) in [5, 5.41) is 10.8. The van der Waals surface area contributed by atoms with Gasteiger partial charge in [0.25, 0.3) is 5.91 Å². The third-order valence-electron chi connectivity index (χ3n) is 4.13. The van der Waals surface area contributed by atoms with Gasteiger partial charge in [-0.2, -0.15) is 10.2 Å². The summed E-state index contributed by atoms with van der Waals surface area (Å²) in [6.45, 7) is 0. The number of amides is 1. The van der Waals surface area contributed by atoms with E-state index in [2.05, 4.69) is 25.5 Å². The van der Waals surface area contributed by atoms with E-state index < -0.39 is 11.7 Å². The maximum atomic E-state index is 14.7. The zero-order valence-corrected chi connectivity index (χ0v) is 16.6. The van der Waals surface area contributed by atoms with Crippen molar-refractivity contribution >= 4 is 40.5 Å². The molecule has 1 amide bonds. The number of pyridine rings is 2. The normalized spacial score (nSPS) is 10.8. The molecule has 0 saturated heterocycles. The van der Waals surface area contributed by atoms with Gasteiger partial charge in [0, 0.05) is 22.3 Å². The number of benzene rings is 1. The number of nitrogen functional groups attached to an aromatic ring is 1. The summed E-state index contributed by atoms with van der Waals surface area (Å²) in [5.74, 6) is -1.20. The minimum atomic E-state index is -0.764. The number of carbonyl (C=O) groups excluding carboxylic acids is 1. The maximum Gasteiger partial charge on any atom is 0.258 e. The van der Waals surface area contributed by atoms with E-state index >= 15 is 0 Å². The largest absolute Gasteiger partial charge is 0.397 e. The Balaban J connectivity index is 1.60. The zero-order chi connectivity index (χ0) is 21.3. The molecule has 150 valence electrons. The first-order chi connectivity index (χ1) is 14.4. The molecule has 3 heterocycles. The van der Waals surface area contributed by atoms with Gasteiger partial charge in [-0.15, -0.1) is 4.80 Å². The van der Waals surface area contributed by atoms with E-state index in [9.17, 15) is 9.18 Å². The molecule has 0 aliphatic rings. The van der Waals surface area contributed by atoms with Gasteiger partial charge in [0.2, 0.25) is 0 Å². The number of carbonyl (C=O) groups is 1. The van der Waals surface area contributed by atoms with Gasteiger partial charge in [-0.25, -0.2) is 9.37 Å². The molecular weight excluding hydrogens is 432 g/mol. The van der Waals surface area contributed by atoms with Crippen molar-refractivity contribution in [3.63, 3.8) is 0 Å². The molecule has 8 nitrogen and oxygen atoms in total. The van der Waals surface area contributed by atoms with Gasteiger partial charge in [0.1, 0.15) is 5.82 Å². The molecule has 30 heavy (non-hydrogen) atoms. The predicted octanol–water partition coefficient (Wildman–Crippen LogP) is 4.00. The lowest BCUT2D eigenvalue weighted by Gasteiger charge is -2.11. The van der Waals surface area contributed by atoms with Gasteiger partial charge >= 0.3 is 0 Å². The van der Waals surface area contributed by atoms with Crippen LogP contribution in [0.1, 0.15) is 10.4 Å². The molecule has 0 atom stereocenters. The molecule has 0 fully saturated rings. The fourth-order valence-corrected chi connectivity index (χ4v) is 3.26. The van der Waals surface area contributed by atoms with E-state index in [1.165, 1.54) is 47.9 Å². The van der Waals surface area contributed by atoms with E-state index in [4.69, 9.17) is 28.9 Å². The molecule has 3 aromatic heterocycles. The highest BCUT2D eigenvalue weighted by atomic mass is 35.5. The second-order valence-corrected chi connectivity index (χ2v) is 6.89. The topological polar surface area (TPSA) is 112 Å². The van der Waals surface area contributed by atoms with Crippen molar-refractivity contribution in [2.24, 2.45) is 0 Å². The Morgan fingerprint density at radius 1 is 1.03 bits per heavy atom. The number of aromatic nitrogens is 5. The summed E-state index contributed by atoms with van der Waals surface area (Å²) in [6, 6.07) is 5.45. The number of hydrogen-bond acceptors (Lipinski definition) is 6. The summed E-state index contributed by atoms with van der Waals surface area (Å²) >= 11 is 12.5. The van der Waals surface area contributed by atoms with Crippen LogP contribution in [-0.4, -0.2) is 30.9 Å². The Kier molecular flexibility index (Phi) is 5.30. The molecule has 0 aliphatic carbocycles. The maximum absolute atomic E-state index is 14.7. The van der Waals surface area contributed by atoms with Crippen LogP contribution in [0.25, 0.3) is 16.9 Å². The Hall–Kier alpha value is -3.56. The van der Waals surface area contributed by atoms with Crippen LogP contribution in [0.5, 0.6) is 0 Å². The average molecular weight is 444 g/mol. The minimum absolute atomic E-state index is 0.163. The minimum Gasteiger partial charge on any atom is -0.397 e. The fraction of sp³-hybridized carbons (Fsp3) is 0. The van der Waals surface area contributed by atoms with E-state index in [0.717, 1.165) is 6.07 Å². The number of nitrogens with two attached hydrogens (primary N) is 1.